The predicted molar refractivity (Wildman–Crippen MR) is 47.5 cm³/mol. The van der Waals surface area contributed by atoms with Gasteiger partial charge in [-0.1, -0.05) is 11.3 Å². The number of aromatic nitrogens is 2. The fourth-order valence-corrected chi connectivity index (χ4v) is 1.45. The molecule has 1 fully saturated rings. The van der Waals surface area contributed by atoms with Crippen LogP contribution in [-0.2, 0) is 9.53 Å². The molecule has 1 saturated heterocycles. The molecule has 5 nitrogen and oxygen atoms in total. The first-order valence-corrected chi connectivity index (χ1v) is 4.74. The highest BCUT2D eigenvalue weighted by Crippen LogP contribution is 2.28. The second kappa shape index (κ2) is 3.04. The molecule has 1 amide bonds. The van der Waals surface area contributed by atoms with Crippen LogP contribution in [0.3, 0.4) is 0 Å². The van der Waals surface area contributed by atoms with Crippen molar-refractivity contribution >= 4 is 22.4 Å². The normalized spacial score (nSPS) is 19.2. The maximum atomic E-state index is 11.6. The summed E-state index contributed by atoms with van der Waals surface area (Å²) in [5.41, 5.74) is 1.20. The van der Waals surface area contributed by atoms with E-state index in [1.54, 1.807) is 5.51 Å². The number of ether oxygens (including phenoxy) is 1. The van der Waals surface area contributed by atoms with Gasteiger partial charge in [-0.15, -0.1) is 10.2 Å². The fourth-order valence-electron chi connectivity index (χ4n) is 1.01. The summed E-state index contributed by atoms with van der Waals surface area (Å²) in [6.45, 7) is 2.84. The van der Waals surface area contributed by atoms with Gasteiger partial charge in [0.1, 0.15) is 5.51 Å². The Bertz CT molecular complexity index is 308. The lowest BCUT2D eigenvalue weighted by Gasteiger charge is -2.35. The SMILES string of the molecule is CC1(C(=O)Nc2nncs2)COC1. The van der Waals surface area contributed by atoms with Crippen LogP contribution in [0, 0.1) is 5.41 Å². The molecule has 1 aromatic heterocycles. The van der Waals surface area contributed by atoms with E-state index in [2.05, 4.69) is 15.5 Å². The largest absolute Gasteiger partial charge is 0.379 e. The zero-order chi connectivity index (χ0) is 9.31. The molecule has 0 aromatic carbocycles. The Labute approximate surface area is 79.1 Å². The molecule has 6 heteroatoms. The topological polar surface area (TPSA) is 64.1 Å². The first-order valence-electron chi connectivity index (χ1n) is 3.86. The molecule has 1 aromatic rings. The number of anilines is 1. The molecule has 0 unspecified atom stereocenters. The minimum absolute atomic E-state index is 0.0458. The van der Waals surface area contributed by atoms with Crippen LogP contribution in [0.15, 0.2) is 5.51 Å². The molecule has 2 heterocycles. The van der Waals surface area contributed by atoms with Gasteiger partial charge in [-0.3, -0.25) is 10.1 Å². The maximum absolute atomic E-state index is 11.6. The smallest absolute Gasteiger partial charge is 0.236 e. The highest BCUT2D eigenvalue weighted by Gasteiger charge is 2.41. The van der Waals surface area contributed by atoms with E-state index in [1.165, 1.54) is 11.3 Å². The van der Waals surface area contributed by atoms with E-state index in [1.807, 2.05) is 6.92 Å². The van der Waals surface area contributed by atoms with Gasteiger partial charge in [0.05, 0.1) is 18.6 Å². The first-order chi connectivity index (χ1) is 6.21. The Kier molecular flexibility index (Phi) is 2.01. The molecule has 2 rings (SSSR count). The molecule has 0 bridgehead atoms. The van der Waals surface area contributed by atoms with Crippen molar-refractivity contribution in [2.45, 2.75) is 6.92 Å². The summed E-state index contributed by atoms with van der Waals surface area (Å²) in [7, 11) is 0. The van der Waals surface area contributed by atoms with Crippen molar-refractivity contribution in [2.24, 2.45) is 5.41 Å². The monoisotopic (exact) mass is 199 g/mol. The van der Waals surface area contributed by atoms with Crippen LogP contribution >= 0.6 is 11.3 Å². The van der Waals surface area contributed by atoms with Gasteiger partial charge in [-0.2, -0.15) is 0 Å². The predicted octanol–water partition coefficient (Wildman–Crippen LogP) is 0.513. The highest BCUT2D eigenvalue weighted by molar-refractivity contribution is 7.13. The van der Waals surface area contributed by atoms with E-state index in [0.717, 1.165) is 0 Å². The van der Waals surface area contributed by atoms with Gasteiger partial charge in [-0.25, -0.2) is 0 Å². The maximum Gasteiger partial charge on any atom is 0.236 e. The number of hydrogen-bond acceptors (Lipinski definition) is 5. The summed E-state index contributed by atoms with van der Waals surface area (Å²) >= 11 is 1.31. The third-order valence-electron chi connectivity index (χ3n) is 1.97. The molecule has 0 saturated carbocycles. The quantitative estimate of drug-likeness (QED) is 0.754. The lowest BCUT2D eigenvalue weighted by molar-refractivity contribution is -0.151. The molecular weight excluding hydrogens is 190 g/mol. The van der Waals surface area contributed by atoms with Gasteiger partial charge in [-0.05, 0) is 6.92 Å². The van der Waals surface area contributed by atoms with E-state index in [4.69, 9.17) is 4.74 Å². The van der Waals surface area contributed by atoms with Gasteiger partial charge >= 0.3 is 0 Å². The summed E-state index contributed by atoms with van der Waals surface area (Å²) in [6, 6.07) is 0. The van der Waals surface area contributed by atoms with Gasteiger partial charge in [0.15, 0.2) is 0 Å². The Morgan fingerprint density at radius 3 is 3.00 bits per heavy atom. The number of carbonyl (C=O) groups excluding carboxylic acids is 1. The summed E-state index contributed by atoms with van der Waals surface area (Å²) in [5.74, 6) is -0.0458. The zero-order valence-corrected chi connectivity index (χ0v) is 7.93. The molecule has 1 aliphatic rings. The second-order valence-corrected chi connectivity index (χ2v) is 4.08. The van der Waals surface area contributed by atoms with Gasteiger partial charge in [0, 0.05) is 0 Å². The van der Waals surface area contributed by atoms with Crippen molar-refractivity contribution in [1.29, 1.82) is 0 Å². The number of rotatable bonds is 2. The van der Waals surface area contributed by atoms with Crippen molar-refractivity contribution in [2.75, 3.05) is 18.5 Å². The lowest BCUT2D eigenvalue weighted by atomic mass is 9.88. The standard InChI is InChI=1S/C7H9N3O2S/c1-7(2-12-3-7)5(11)9-6-10-8-4-13-6/h4H,2-3H2,1H3,(H,9,10,11). The van der Waals surface area contributed by atoms with E-state index < -0.39 is 0 Å². The minimum Gasteiger partial charge on any atom is -0.379 e. The molecule has 13 heavy (non-hydrogen) atoms. The van der Waals surface area contributed by atoms with Crippen LogP contribution in [0.5, 0.6) is 0 Å². The Morgan fingerprint density at radius 1 is 1.77 bits per heavy atom. The molecule has 0 spiro atoms. The van der Waals surface area contributed by atoms with Crippen LogP contribution in [0.4, 0.5) is 5.13 Å². The van der Waals surface area contributed by atoms with Gasteiger partial charge < -0.3 is 4.74 Å². The number of hydrogen-bond donors (Lipinski definition) is 1. The van der Waals surface area contributed by atoms with Crippen LogP contribution in [0.25, 0.3) is 0 Å². The molecule has 1 aliphatic heterocycles. The molecule has 0 atom stereocenters. The van der Waals surface area contributed by atoms with Crippen LogP contribution in [-0.4, -0.2) is 29.3 Å². The molecule has 70 valence electrons. The Hall–Kier alpha value is -1.01. The lowest BCUT2D eigenvalue weighted by Crippen LogP contribution is -2.49. The van der Waals surface area contributed by atoms with Crippen molar-refractivity contribution in [3.8, 4) is 0 Å². The second-order valence-electron chi connectivity index (χ2n) is 3.25. The van der Waals surface area contributed by atoms with E-state index in [0.29, 0.717) is 18.3 Å². The fraction of sp³-hybridized carbons (Fsp3) is 0.571. The molecule has 0 radical (unpaired) electrons. The summed E-state index contributed by atoms with van der Waals surface area (Å²) in [6.07, 6.45) is 0. The van der Waals surface area contributed by atoms with Crippen LogP contribution in [0.1, 0.15) is 6.92 Å². The highest BCUT2D eigenvalue weighted by atomic mass is 32.1. The van der Waals surface area contributed by atoms with Crippen molar-refractivity contribution in [1.82, 2.24) is 10.2 Å². The number of amides is 1. The van der Waals surface area contributed by atoms with Gasteiger partial charge in [0.25, 0.3) is 0 Å². The zero-order valence-electron chi connectivity index (χ0n) is 7.11. The summed E-state index contributed by atoms with van der Waals surface area (Å²) < 4.78 is 4.98. The first kappa shape index (κ1) is 8.58. The van der Waals surface area contributed by atoms with Crippen molar-refractivity contribution in [3.05, 3.63) is 5.51 Å². The Morgan fingerprint density at radius 2 is 2.54 bits per heavy atom. The summed E-state index contributed by atoms with van der Waals surface area (Å²) in [4.78, 5) is 11.6. The molecular formula is C7H9N3O2S. The van der Waals surface area contributed by atoms with E-state index in [9.17, 15) is 4.79 Å². The number of nitrogens with zero attached hydrogens (tertiary/aromatic N) is 2. The molecule has 1 N–H and O–H groups in total. The average Bonchev–Trinajstić information content (AvgIpc) is 2.52. The third-order valence-corrected chi connectivity index (χ3v) is 2.58. The third kappa shape index (κ3) is 1.54. The van der Waals surface area contributed by atoms with Crippen molar-refractivity contribution < 1.29 is 9.53 Å². The molecule has 0 aliphatic carbocycles. The van der Waals surface area contributed by atoms with Crippen molar-refractivity contribution in [3.63, 3.8) is 0 Å². The number of carbonyl (C=O) groups is 1. The van der Waals surface area contributed by atoms with Crippen LogP contribution in [0.2, 0.25) is 0 Å². The number of nitrogens with one attached hydrogen (secondary N) is 1. The minimum atomic E-state index is -0.383. The van der Waals surface area contributed by atoms with E-state index >= 15 is 0 Å². The summed E-state index contributed by atoms with van der Waals surface area (Å²) in [5, 5.41) is 10.6. The average molecular weight is 199 g/mol. The van der Waals surface area contributed by atoms with Crippen LogP contribution < -0.4 is 5.32 Å². The Balaban J connectivity index is 1.99. The van der Waals surface area contributed by atoms with Gasteiger partial charge in [0.2, 0.25) is 11.0 Å². The van der Waals surface area contributed by atoms with E-state index in [-0.39, 0.29) is 11.3 Å².